The van der Waals surface area contributed by atoms with Crippen molar-refractivity contribution in [3.8, 4) is 0 Å². The fraction of sp³-hybridized carbons (Fsp3) is 1.00. The first kappa shape index (κ1) is 11.1. The van der Waals surface area contributed by atoms with Crippen LogP contribution in [0.15, 0.2) is 0 Å². The van der Waals surface area contributed by atoms with Crippen LogP contribution < -0.4 is 0 Å². The van der Waals surface area contributed by atoms with E-state index in [2.05, 4.69) is 49.1 Å². The van der Waals surface area contributed by atoms with Gasteiger partial charge in [-0.15, -0.1) is 23.5 Å². The molecule has 0 bridgehead atoms. The molecule has 0 aromatic rings. The van der Waals surface area contributed by atoms with Crippen molar-refractivity contribution in [3.63, 3.8) is 0 Å². The molecule has 0 aliphatic carbocycles. The second kappa shape index (κ2) is 5.71. The SMILES string of the molecule is CCSCCCC1(C)SCCS1. The summed E-state index contributed by atoms with van der Waals surface area (Å²) in [5.41, 5.74) is 0. The van der Waals surface area contributed by atoms with E-state index in [-0.39, 0.29) is 0 Å². The zero-order chi connectivity index (χ0) is 8.86. The molecule has 0 aromatic carbocycles. The summed E-state index contributed by atoms with van der Waals surface area (Å²) in [6.07, 6.45) is 2.80. The topological polar surface area (TPSA) is 0 Å². The lowest BCUT2D eigenvalue weighted by molar-refractivity contribution is 0.757. The van der Waals surface area contributed by atoms with Crippen LogP contribution in [0.2, 0.25) is 0 Å². The minimum Gasteiger partial charge on any atom is -0.162 e. The average Bonchev–Trinajstić information content (AvgIpc) is 2.47. The van der Waals surface area contributed by atoms with Crippen LogP contribution in [0.5, 0.6) is 0 Å². The van der Waals surface area contributed by atoms with Crippen molar-refractivity contribution in [2.75, 3.05) is 23.0 Å². The molecule has 1 aliphatic rings. The molecule has 0 radical (unpaired) electrons. The summed E-state index contributed by atoms with van der Waals surface area (Å²) in [5, 5.41) is 0. The molecule has 1 aliphatic heterocycles. The lowest BCUT2D eigenvalue weighted by atomic mass is 10.3. The molecule has 0 nitrogen and oxygen atoms in total. The van der Waals surface area contributed by atoms with E-state index in [1.165, 1.54) is 35.9 Å². The lowest BCUT2D eigenvalue weighted by Crippen LogP contribution is -2.10. The van der Waals surface area contributed by atoms with Gasteiger partial charge in [0.25, 0.3) is 0 Å². The van der Waals surface area contributed by atoms with Gasteiger partial charge in [0.15, 0.2) is 0 Å². The lowest BCUT2D eigenvalue weighted by Gasteiger charge is -2.21. The van der Waals surface area contributed by atoms with Crippen molar-refractivity contribution in [1.29, 1.82) is 0 Å². The van der Waals surface area contributed by atoms with E-state index in [9.17, 15) is 0 Å². The Bertz CT molecular complexity index is 119. The normalized spacial score (nSPS) is 21.5. The van der Waals surface area contributed by atoms with Crippen molar-refractivity contribution in [2.45, 2.75) is 30.8 Å². The molecule has 1 rings (SSSR count). The molecule has 0 N–H and O–H groups in total. The van der Waals surface area contributed by atoms with Crippen molar-refractivity contribution < 1.29 is 0 Å². The molecule has 1 saturated heterocycles. The van der Waals surface area contributed by atoms with Crippen LogP contribution >= 0.6 is 35.3 Å². The smallest absolute Gasteiger partial charge is 0.0584 e. The van der Waals surface area contributed by atoms with E-state index in [1.807, 2.05) is 0 Å². The molecule has 1 heterocycles. The summed E-state index contributed by atoms with van der Waals surface area (Å²) in [4.78, 5) is 0. The second-order valence-corrected chi connectivity index (χ2v) is 7.98. The number of rotatable bonds is 5. The Balaban J connectivity index is 2.05. The van der Waals surface area contributed by atoms with Gasteiger partial charge in [-0.1, -0.05) is 6.92 Å². The van der Waals surface area contributed by atoms with Crippen molar-refractivity contribution in [2.24, 2.45) is 0 Å². The van der Waals surface area contributed by atoms with Crippen LogP contribution in [-0.2, 0) is 0 Å². The molecule has 0 amide bonds. The van der Waals surface area contributed by atoms with E-state index >= 15 is 0 Å². The van der Waals surface area contributed by atoms with E-state index in [0.717, 1.165) is 0 Å². The van der Waals surface area contributed by atoms with E-state index < -0.39 is 0 Å². The molecule has 0 unspecified atom stereocenters. The van der Waals surface area contributed by atoms with Gasteiger partial charge in [0.1, 0.15) is 0 Å². The quantitative estimate of drug-likeness (QED) is 0.651. The Morgan fingerprint density at radius 2 is 2.00 bits per heavy atom. The third-order valence-electron chi connectivity index (χ3n) is 2.02. The maximum Gasteiger partial charge on any atom is 0.0584 e. The van der Waals surface area contributed by atoms with Gasteiger partial charge in [0, 0.05) is 11.5 Å². The maximum absolute atomic E-state index is 2.41. The number of hydrogen-bond acceptors (Lipinski definition) is 3. The van der Waals surface area contributed by atoms with Crippen LogP contribution in [0.4, 0.5) is 0 Å². The highest BCUT2D eigenvalue weighted by Gasteiger charge is 2.29. The predicted molar refractivity (Wildman–Crippen MR) is 65.6 cm³/mol. The van der Waals surface area contributed by atoms with E-state index in [1.54, 1.807) is 0 Å². The molecule has 1 fully saturated rings. The third-order valence-corrected chi connectivity index (χ3v) is 6.42. The minimum atomic E-state index is 0.564. The largest absolute Gasteiger partial charge is 0.162 e. The fourth-order valence-corrected chi connectivity index (χ4v) is 4.92. The van der Waals surface area contributed by atoms with Gasteiger partial charge in [-0.2, -0.15) is 11.8 Å². The maximum atomic E-state index is 2.41. The summed E-state index contributed by atoms with van der Waals surface area (Å²) < 4.78 is 0.564. The molecule has 72 valence electrons. The minimum absolute atomic E-state index is 0.564. The van der Waals surface area contributed by atoms with Gasteiger partial charge in [0.2, 0.25) is 0 Å². The number of hydrogen-bond donors (Lipinski definition) is 0. The van der Waals surface area contributed by atoms with Gasteiger partial charge in [0.05, 0.1) is 4.08 Å². The van der Waals surface area contributed by atoms with Gasteiger partial charge < -0.3 is 0 Å². The molecule has 12 heavy (non-hydrogen) atoms. The van der Waals surface area contributed by atoms with Crippen molar-refractivity contribution in [1.82, 2.24) is 0 Å². The summed E-state index contributed by atoms with van der Waals surface area (Å²) in [6.45, 7) is 4.65. The summed E-state index contributed by atoms with van der Waals surface area (Å²) in [7, 11) is 0. The van der Waals surface area contributed by atoms with Gasteiger partial charge in [-0.3, -0.25) is 0 Å². The molecular formula is C9H18S3. The summed E-state index contributed by atoms with van der Waals surface area (Å²) in [6, 6.07) is 0. The second-order valence-electron chi connectivity index (χ2n) is 3.13. The first-order valence-corrected chi connectivity index (χ1v) is 7.75. The Labute approximate surface area is 89.0 Å². The van der Waals surface area contributed by atoms with E-state index in [4.69, 9.17) is 0 Å². The van der Waals surface area contributed by atoms with Crippen LogP contribution in [0.1, 0.15) is 26.7 Å². The van der Waals surface area contributed by atoms with Crippen molar-refractivity contribution >= 4 is 35.3 Å². The van der Waals surface area contributed by atoms with Crippen LogP contribution in [-0.4, -0.2) is 27.1 Å². The molecule has 3 heteroatoms. The van der Waals surface area contributed by atoms with E-state index in [0.29, 0.717) is 4.08 Å². The molecule has 0 atom stereocenters. The Hall–Kier alpha value is 1.05. The molecule has 0 aromatic heterocycles. The van der Waals surface area contributed by atoms with Crippen LogP contribution in [0.3, 0.4) is 0 Å². The summed E-state index contributed by atoms with van der Waals surface area (Å²) >= 11 is 6.38. The Morgan fingerprint density at radius 1 is 1.33 bits per heavy atom. The molecule has 0 saturated carbocycles. The Morgan fingerprint density at radius 3 is 2.58 bits per heavy atom. The van der Waals surface area contributed by atoms with Crippen LogP contribution in [0.25, 0.3) is 0 Å². The highest BCUT2D eigenvalue weighted by molar-refractivity contribution is 8.21. The predicted octanol–water partition coefficient (Wildman–Crippen LogP) is 3.72. The number of thioether (sulfide) groups is 3. The Kier molecular flexibility index (Phi) is 5.30. The first-order valence-electron chi connectivity index (χ1n) is 4.62. The van der Waals surface area contributed by atoms with Gasteiger partial charge in [-0.25, -0.2) is 0 Å². The average molecular weight is 222 g/mol. The van der Waals surface area contributed by atoms with Gasteiger partial charge in [-0.05, 0) is 31.3 Å². The highest BCUT2D eigenvalue weighted by atomic mass is 32.2. The first-order chi connectivity index (χ1) is 5.77. The molecular weight excluding hydrogens is 204 g/mol. The van der Waals surface area contributed by atoms with Crippen LogP contribution in [0, 0.1) is 0 Å². The highest BCUT2D eigenvalue weighted by Crippen LogP contribution is 2.46. The molecule has 0 spiro atoms. The zero-order valence-electron chi connectivity index (χ0n) is 7.97. The summed E-state index contributed by atoms with van der Waals surface area (Å²) in [5.74, 6) is 5.36. The monoisotopic (exact) mass is 222 g/mol. The van der Waals surface area contributed by atoms with Gasteiger partial charge >= 0.3 is 0 Å². The third kappa shape index (κ3) is 3.84. The standard InChI is InChI=1S/C9H18S3/c1-3-10-6-4-5-9(2)11-7-8-12-9/h3-8H2,1-2H3. The van der Waals surface area contributed by atoms with Crippen molar-refractivity contribution in [3.05, 3.63) is 0 Å². The zero-order valence-corrected chi connectivity index (χ0v) is 10.4. The fourth-order valence-electron chi connectivity index (χ4n) is 1.34.